The maximum Gasteiger partial charge on any atom is 0.188 e. The summed E-state index contributed by atoms with van der Waals surface area (Å²) in [4.78, 5) is 11.0. The lowest BCUT2D eigenvalue weighted by molar-refractivity contribution is 0.481. The van der Waals surface area contributed by atoms with E-state index in [1.807, 2.05) is 60.8 Å². The van der Waals surface area contributed by atoms with Crippen LogP contribution < -0.4 is 10.1 Å². The standard InChI is InChI=1S/C22H16N4OS2.ClH/c1-15-14-28-22(25-15)26-21-20(27-17-5-3-2-4-6-17)11-19(13-24-21)29-18-9-7-16(12-23)8-10-18;/h2-11,13-14H,1H3,(H,24,25,26);1H. The number of hydrogen-bond donors (Lipinski definition) is 1. The van der Waals surface area contributed by atoms with Crippen LogP contribution in [0.15, 0.2) is 82.0 Å². The van der Waals surface area contributed by atoms with Crippen LogP contribution in [0.1, 0.15) is 11.3 Å². The Kier molecular flexibility index (Phi) is 7.31. The number of ether oxygens (including phenoxy) is 1. The van der Waals surface area contributed by atoms with Crippen LogP contribution in [-0.2, 0) is 0 Å². The molecule has 0 saturated carbocycles. The highest BCUT2D eigenvalue weighted by molar-refractivity contribution is 7.99. The molecule has 0 atom stereocenters. The first kappa shape index (κ1) is 21.7. The number of aryl methyl sites for hydroxylation is 1. The highest BCUT2D eigenvalue weighted by Crippen LogP contribution is 2.36. The quantitative estimate of drug-likeness (QED) is 0.345. The summed E-state index contributed by atoms with van der Waals surface area (Å²) in [6, 6.07) is 21.1. The lowest BCUT2D eigenvalue weighted by atomic mass is 10.2. The Morgan fingerprint density at radius 2 is 1.83 bits per heavy atom. The predicted molar refractivity (Wildman–Crippen MR) is 123 cm³/mol. The van der Waals surface area contributed by atoms with E-state index in [0.29, 0.717) is 17.1 Å². The van der Waals surface area contributed by atoms with Gasteiger partial charge in [-0.1, -0.05) is 30.0 Å². The number of nitrogens with zero attached hydrogens (tertiary/aromatic N) is 3. The second kappa shape index (κ2) is 10.1. The first-order valence-corrected chi connectivity index (χ1v) is 10.5. The van der Waals surface area contributed by atoms with E-state index in [1.54, 1.807) is 30.1 Å². The molecule has 4 aromatic rings. The molecule has 0 aliphatic heterocycles. The molecule has 30 heavy (non-hydrogen) atoms. The molecule has 0 radical (unpaired) electrons. The average molecular weight is 453 g/mol. The molecular weight excluding hydrogens is 436 g/mol. The Hall–Kier alpha value is -3.05. The van der Waals surface area contributed by atoms with Crippen molar-refractivity contribution in [1.82, 2.24) is 9.97 Å². The predicted octanol–water partition coefficient (Wildman–Crippen LogP) is 6.83. The number of halogens is 1. The fourth-order valence-corrected chi connectivity index (χ4v) is 4.02. The van der Waals surface area contributed by atoms with Crippen LogP contribution >= 0.6 is 35.5 Å². The highest BCUT2D eigenvalue weighted by atomic mass is 35.5. The molecule has 0 amide bonds. The van der Waals surface area contributed by atoms with E-state index in [4.69, 9.17) is 10.00 Å². The largest absolute Gasteiger partial charge is 0.453 e. The van der Waals surface area contributed by atoms with Gasteiger partial charge >= 0.3 is 0 Å². The molecule has 150 valence electrons. The van der Waals surface area contributed by atoms with Crippen LogP contribution in [0, 0.1) is 18.3 Å². The number of anilines is 2. The van der Waals surface area contributed by atoms with Crippen molar-refractivity contribution in [2.24, 2.45) is 0 Å². The number of hydrogen-bond acceptors (Lipinski definition) is 7. The molecule has 0 aliphatic carbocycles. The van der Waals surface area contributed by atoms with Gasteiger partial charge in [0.25, 0.3) is 0 Å². The van der Waals surface area contributed by atoms with Gasteiger partial charge in [0.1, 0.15) is 5.75 Å². The van der Waals surface area contributed by atoms with Gasteiger partial charge in [-0.2, -0.15) is 5.26 Å². The van der Waals surface area contributed by atoms with Gasteiger partial charge in [0, 0.05) is 27.4 Å². The molecule has 0 spiro atoms. The Balaban J connectivity index is 0.00000256. The number of rotatable bonds is 6. The van der Waals surface area contributed by atoms with Crippen LogP contribution in [0.25, 0.3) is 0 Å². The average Bonchev–Trinajstić information content (AvgIpc) is 3.16. The minimum atomic E-state index is 0. The number of benzene rings is 2. The van der Waals surface area contributed by atoms with Gasteiger partial charge in [-0.05, 0) is 43.3 Å². The molecule has 5 nitrogen and oxygen atoms in total. The summed E-state index contributed by atoms with van der Waals surface area (Å²) in [6.45, 7) is 1.95. The fraction of sp³-hybridized carbons (Fsp3) is 0.0455. The van der Waals surface area contributed by atoms with Gasteiger partial charge < -0.3 is 10.1 Å². The zero-order chi connectivity index (χ0) is 20.1. The Morgan fingerprint density at radius 3 is 2.50 bits per heavy atom. The summed E-state index contributed by atoms with van der Waals surface area (Å²) in [5, 5.41) is 14.9. The van der Waals surface area contributed by atoms with E-state index < -0.39 is 0 Å². The third-order valence-corrected chi connectivity index (χ3v) is 5.70. The van der Waals surface area contributed by atoms with E-state index in [1.165, 1.54) is 11.3 Å². The molecule has 0 unspecified atom stereocenters. The molecule has 0 saturated heterocycles. The summed E-state index contributed by atoms with van der Waals surface area (Å²) < 4.78 is 6.10. The summed E-state index contributed by atoms with van der Waals surface area (Å²) in [6.07, 6.45) is 1.80. The van der Waals surface area contributed by atoms with Crippen molar-refractivity contribution in [1.29, 1.82) is 5.26 Å². The van der Waals surface area contributed by atoms with Crippen LogP contribution in [0.2, 0.25) is 0 Å². The van der Waals surface area contributed by atoms with Gasteiger partial charge in [0.2, 0.25) is 0 Å². The zero-order valence-corrected chi connectivity index (χ0v) is 18.4. The van der Waals surface area contributed by atoms with Gasteiger partial charge in [0.15, 0.2) is 16.7 Å². The van der Waals surface area contributed by atoms with E-state index >= 15 is 0 Å². The van der Waals surface area contributed by atoms with Crippen molar-refractivity contribution in [3.8, 4) is 17.6 Å². The summed E-state index contributed by atoms with van der Waals surface area (Å²) in [5.74, 6) is 1.95. The number of thiazole rings is 1. The normalized spacial score (nSPS) is 10.0. The number of aromatic nitrogens is 2. The van der Waals surface area contributed by atoms with Gasteiger partial charge in [0.05, 0.1) is 17.3 Å². The van der Waals surface area contributed by atoms with Crippen molar-refractivity contribution in [3.63, 3.8) is 0 Å². The third-order valence-electron chi connectivity index (χ3n) is 3.86. The van der Waals surface area contributed by atoms with Gasteiger partial charge in [-0.25, -0.2) is 9.97 Å². The highest BCUT2D eigenvalue weighted by Gasteiger charge is 2.12. The summed E-state index contributed by atoms with van der Waals surface area (Å²) >= 11 is 3.08. The Bertz CT molecular complexity index is 1160. The number of nitrogens with one attached hydrogen (secondary N) is 1. The van der Waals surface area contributed by atoms with Crippen LogP contribution in [0.3, 0.4) is 0 Å². The second-order valence-corrected chi connectivity index (χ2v) is 8.10. The summed E-state index contributed by atoms with van der Waals surface area (Å²) in [7, 11) is 0. The zero-order valence-electron chi connectivity index (χ0n) is 15.9. The van der Waals surface area contributed by atoms with E-state index in [-0.39, 0.29) is 12.4 Å². The lowest BCUT2D eigenvalue weighted by Gasteiger charge is -2.12. The maximum absolute atomic E-state index is 8.95. The van der Waals surface area contributed by atoms with E-state index in [0.717, 1.165) is 26.4 Å². The molecule has 8 heteroatoms. The maximum atomic E-state index is 8.95. The number of nitriles is 1. The topological polar surface area (TPSA) is 70.8 Å². The van der Waals surface area contributed by atoms with Crippen molar-refractivity contribution in [2.45, 2.75) is 16.7 Å². The lowest BCUT2D eigenvalue weighted by Crippen LogP contribution is -1.97. The van der Waals surface area contributed by atoms with Crippen LogP contribution in [-0.4, -0.2) is 9.97 Å². The smallest absolute Gasteiger partial charge is 0.188 e. The SMILES string of the molecule is Cc1csc(Nc2ncc(Sc3ccc(C#N)cc3)cc2Oc2ccccc2)n1.Cl. The molecule has 1 N–H and O–H groups in total. The van der Waals surface area contributed by atoms with Crippen molar-refractivity contribution in [3.05, 3.63) is 83.5 Å². The molecule has 2 aromatic carbocycles. The number of pyridine rings is 1. The van der Waals surface area contributed by atoms with Crippen molar-refractivity contribution < 1.29 is 4.74 Å². The van der Waals surface area contributed by atoms with Gasteiger partial charge in [-0.3, -0.25) is 0 Å². The first-order valence-electron chi connectivity index (χ1n) is 8.80. The van der Waals surface area contributed by atoms with E-state index in [9.17, 15) is 0 Å². The Labute approximate surface area is 189 Å². The molecule has 2 aromatic heterocycles. The molecule has 0 fully saturated rings. The van der Waals surface area contributed by atoms with Crippen LogP contribution in [0.5, 0.6) is 11.5 Å². The molecule has 2 heterocycles. The Morgan fingerprint density at radius 1 is 1.07 bits per heavy atom. The summed E-state index contributed by atoms with van der Waals surface area (Å²) in [5.41, 5.74) is 1.59. The van der Waals surface area contributed by atoms with Crippen LogP contribution in [0.4, 0.5) is 10.9 Å². The molecule has 0 bridgehead atoms. The molecule has 4 rings (SSSR count). The van der Waals surface area contributed by atoms with Crippen molar-refractivity contribution in [2.75, 3.05) is 5.32 Å². The fourth-order valence-electron chi connectivity index (χ4n) is 2.52. The minimum Gasteiger partial charge on any atom is -0.453 e. The molecular formula is C22H17ClN4OS2. The molecule has 0 aliphatic rings. The van der Waals surface area contributed by atoms with Crippen molar-refractivity contribution >= 4 is 46.5 Å². The first-order chi connectivity index (χ1) is 14.2. The minimum absolute atomic E-state index is 0. The van der Waals surface area contributed by atoms with Gasteiger partial charge in [-0.15, -0.1) is 23.7 Å². The van der Waals surface area contributed by atoms with E-state index in [2.05, 4.69) is 21.4 Å². The second-order valence-electron chi connectivity index (χ2n) is 6.09. The number of para-hydroxylation sites is 1. The third kappa shape index (κ3) is 5.51. The monoisotopic (exact) mass is 452 g/mol.